The molecule has 2 aromatic carbocycles. The maximum Gasteiger partial charge on any atom is 0.227 e. The fourth-order valence-corrected chi connectivity index (χ4v) is 3.05. The Morgan fingerprint density at radius 1 is 1.25 bits per heavy atom. The molecule has 2 aromatic rings. The summed E-state index contributed by atoms with van der Waals surface area (Å²) in [7, 11) is 0. The summed E-state index contributed by atoms with van der Waals surface area (Å²) in [5.74, 6) is -0.433. The van der Waals surface area contributed by atoms with Crippen molar-refractivity contribution in [3.05, 3.63) is 64.7 Å². The van der Waals surface area contributed by atoms with Crippen LogP contribution >= 0.6 is 11.6 Å². The summed E-state index contributed by atoms with van der Waals surface area (Å²) in [6, 6.07) is 15.1. The predicted molar refractivity (Wildman–Crippen MR) is 94.9 cm³/mol. The van der Waals surface area contributed by atoms with Crippen LogP contribution in [-0.4, -0.2) is 18.4 Å². The van der Waals surface area contributed by atoms with Gasteiger partial charge < -0.3 is 10.2 Å². The number of amides is 2. The molecule has 0 bridgehead atoms. The number of rotatable bonds is 4. The summed E-state index contributed by atoms with van der Waals surface area (Å²) in [6.07, 6.45) is 0.245. The molecule has 1 fully saturated rings. The van der Waals surface area contributed by atoms with E-state index < -0.39 is 0 Å². The Hall–Kier alpha value is -2.33. The molecule has 0 radical (unpaired) electrons. The van der Waals surface area contributed by atoms with Crippen molar-refractivity contribution in [1.82, 2.24) is 5.32 Å². The Kier molecular flexibility index (Phi) is 4.86. The molecule has 0 saturated carbocycles. The molecule has 0 aromatic heterocycles. The van der Waals surface area contributed by atoms with Crippen LogP contribution in [0.15, 0.2) is 48.5 Å². The maximum atomic E-state index is 12.4. The lowest BCUT2D eigenvalue weighted by molar-refractivity contribution is -0.126. The fraction of sp³-hybridized carbons (Fsp3) is 0.263. The van der Waals surface area contributed by atoms with Crippen LogP contribution in [0, 0.1) is 12.8 Å². The zero-order valence-electron chi connectivity index (χ0n) is 13.5. The number of benzene rings is 2. The quantitative estimate of drug-likeness (QED) is 0.926. The number of halogens is 1. The van der Waals surface area contributed by atoms with E-state index in [-0.39, 0.29) is 24.2 Å². The van der Waals surface area contributed by atoms with E-state index in [1.807, 2.05) is 49.4 Å². The molecule has 5 heteroatoms. The lowest BCUT2D eigenvalue weighted by Gasteiger charge is -2.17. The van der Waals surface area contributed by atoms with Gasteiger partial charge in [0.1, 0.15) is 0 Å². The van der Waals surface area contributed by atoms with Gasteiger partial charge in [0.25, 0.3) is 0 Å². The first-order valence-corrected chi connectivity index (χ1v) is 8.30. The molecule has 2 amide bonds. The highest BCUT2D eigenvalue weighted by Gasteiger charge is 2.34. The van der Waals surface area contributed by atoms with E-state index >= 15 is 0 Å². The Balaban J connectivity index is 1.60. The normalized spacial score (nSPS) is 17.2. The second-order valence-corrected chi connectivity index (χ2v) is 6.53. The van der Waals surface area contributed by atoms with Crippen LogP contribution in [0.4, 0.5) is 5.69 Å². The molecule has 1 saturated heterocycles. The first-order chi connectivity index (χ1) is 11.5. The number of nitrogens with one attached hydrogen (secondary N) is 1. The number of anilines is 1. The molecule has 0 unspecified atom stereocenters. The minimum atomic E-state index is -0.321. The standard InChI is InChI=1S/C19H19ClN2O2/c1-13-5-7-17(8-6-13)22-12-15(10-18(22)23)19(24)21-11-14-3-2-4-16(20)9-14/h2-9,15H,10-12H2,1H3,(H,21,24)/t15-/m0/s1. The number of hydrogen-bond acceptors (Lipinski definition) is 2. The Bertz CT molecular complexity index is 758. The average molecular weight is 343 g/mol. The van der Waals surface area contributed by atoms with Crippen molar-refractivity contribution in [3.63, 3.8) is 0 Å². The molecule has 1 heterocycles. The van der Waals surface area contributed by atoms with Crippen LogP contribution in [0.25, 0.3) is 0 Å². The van der Waals surface area contributed by atoms with Crippen LogP contribution in [0.1, 0.15) is 17.5 Å². The van der Waals surface area contributed by atoms with Crippen molar-refractivity contribution in [1.29, 1.82) is 0 Å². The minimum absolute atomic E-state index is 0.0123. The highest BCUT2D eigenvalue weighted by atomic mass is 35.5. The van der Waals surface area contributed by atoms with Crippen LogP contribution in [0.5, 0.6) is 0 Å². The lowest BCUT2D eigenvalue weighted by atomic mass is 10.1. The van der Waals surface area contributed by atoms with E-state index in [2.05, 4.69) is 5.32 Å². The van der Waals surface area contributed by atoms with Gasteiger partial charge in [0.05, 0.1) is 5.92 Å². The van der Waals surface area contributed by atoms with Crippen molar-refractivity contribution in [2.45, 2.75) is 19.9 Å². The van der Waals surface area contributed by atoms with Crippen LogP contribution in [-0.2, 0) is 16.1 Å². The van der Waals surface area contributed by atoms with E-state index in [4.69, 9.17) is 11.6 Å². The summed E-state index contributed by atoms with van der Waals surface area (Å²) in [5.41, 5.74) is 2.92. The summed E-state index contributed by atoms with van der Waals surface area (Å²) < 4.78 is 0. The summed E-state index contributed by atoms with van der Waals surface area (Å²) >= 11 is 5.94. The Labute approximate surface area is 146 Å². The predicted octanol–water partition coefficient (Wildman–Crippen LogP) is 3.32. The van der Waals surface area contributed by atoms with Crippen molar-refractivity contribution < 1.29 is 9.59 Å². The number of hydrogen-bond donors (Lipinski definition) is 1. The van der Waals surface area contributed by atoms with E-state index in [1.54, 1.807) is 11.0 Å². The average Bonchev–Trinajstić information content (AvgIpc) is 2.95. The molecule has 0 spiro atoms. The van der Waals surface area contributed by atoms with Gasteiger partial charge in [-0.15, -0.1) is 0 Å². The molecule has 1 N–H and O–H groups in total. The summed E-state index contributed by atoms with van der Waals surface area (Å²) in [4.78, 5) is 26.3. The first kappa shape index (κ1) is 16.5. The number of nitrogens with zero attached hydrogens (tertiary/aromatic N) is 1. The second-order valence-electron chi connectivity index (χ2n) is 6.09. The molecule has 1 aliphatic heterocycles. The molecular formula is C19H19ClN2O2. The third-order valence-corrected chi connectivity index (χ3v) is 4.43. The third-order valence-electron chi connectivity index (χ3n) is 4.20. The van der Waals surface area contributed by atoms with Crippen molar-refractivity contribution in [3.8, 4) is 0 Å². The van der Waals surface area contributed by atoms with Crippen LogP contribution in [0.3, 0.4) is 0 Å². The molecule has 1 aliphatic rings. The number of carbonyl (C=O) groups excluding carboxylic acids is 2. The monoisotopic (exact) mass is 342 g/mol. The van der Waals surface area contributed by atoms with Gasteiger partial charge in [-0.2, -0.15) is 0 Å². The smallest absolute Gasteiger partial charge is 0.227 e. The number of carbonyl (C=O) groups is 2. The molecule has 3 rings (SSSR count). The summed E-state index contributed by atoms with van der Waals surface area (Å²) in [5, 5.41) is 3.54. The Morgan fingerprint density at radius 3 is 2.71 bits per heavy atom. The van der Waals surface area contributed by atoms with Gasteiger partial charge >= 0.3 is 0 Å². The van der Waals surface area contributed by atoms with E-state index in [0.29, 0.717) is 18.1 Å². The molecule has 24 heavy (non-hydrogen) atoms. The highest BCUT2D eigenvalue weighted by Crippen LogP contribution is 2.25. The zero-order chi connectivity index (χ0) is 17.1. The lowest BCUT2D eigenvalue weighted by Crippen LogP contribution is -2.32. The van der Waals surface area contributed by atoms with Gasteiger partial charge in [-0.1, -0.05) is 41.4 Å². The van der Waals surface area contributed by atoms with Gasteiger partial charge in [-0.25, -0.2) is 0 Å². The topological polar surface area (TPSA) is 49.4 Å². The third kappa shape index (κ3) is 3.77. The van der Waals surface area contributed by atoms with E-state index in [0.717, 1.165) is 16.8 Å². The van der Waals surface area contributed by atoms with Crippen LogP contribution in [0.2, 0.25) is 5.02 Å². The van der Waals surface area contributed by atoms with Gasteiger partial charge in [0.15, 0.2) is 0 Å². The molecule has 0 aliphatic carbocycles. The molecule has 4 nitrogen and oxygen atoms in total. The SMILES string of the molecule is Cc1ccc(N2C[C@@H](C(=O)NCc3cccc(Cl)c3)CC2=O)cc1. The van der Waals surface area contributed by atoms with Gasteiger partial charge in [-0.05, 0) is 36.8 Å². The Morgan fingerprint density at radius 2 is 2.00 bits per heavy atom. The van der Waals surface area contributed by atoms with Crippen molar-refractivity contribution >= 4 is 29.1 Å². The van der Waals surface area contributed by atoms with Gasteiger partial charge in [0.2, 0.25) is 11.8 Å². The second kappa shape index (κ2) is 7.05. The van der Waals surface area contributed by atoms with E-state index in [9.17, 15) is 9.59 Å². The van der Waals surface area contributed by atoms with Gasteiger partial charge in [0, 0.05) is 30.2 Å². The molecule has 124 valence electrons. The number of aryl methyl sites for hydroxylation is 1. The first-order valence-electron chi connectivity index (χ1n) is 7.92. The van der Waals surface area contributed by atoms with Crippen molar-refractivity contribution in [2.24, 2.45) is 5.92 Å². The zero-order valence-corrected chi connectivity index (χ0v) is 14.2. The van der Waals surface area contributed by atoms with Crippen molar-refractivity contribution in [2.75, 3.05) is 11.4 Å². The maximum absolute atomic E-state index is 12.4. The molecule has 1 atom stereocenters. The molecular weight excluding hydrogens is 324 g/mol. The van der Waals surface area contributed by atoms with Gasteiger partial charge in [-0.3, -0.25) is 9.59 Å². The fourth-order valence-electron chi connectivity index (χ4n) is 2.84. The van der Waals surface area contributed by atoms with Crippen LogP contribution < -0.4 is 10.2 Å². The summed E-state index contributed by atoms with van der Waals surface area (Å²) in [6.45, 7) is 2.83. The largest absolute Gasteiger partial charge is 0.352 e. The van der Waals surface area contributed by atoms with E-state index in [1.165, 1.54) is 0 Å². The highest BCUT2D eigenvalue weighted by molar-refractivity contribution is 6.30. The minimum Gasteiger partial charge on any atom is -0.352 e.